The van der Waals surface area contributed by atoms with Crippen molar-refractivity contribution in [1.82, 2.24) is 0 Å². The summed E-state index contributed by atoms with van der Waals surface area (Å²) in [6.45, 7) is 4.08. The molecule has 0 aromatic heterocycles. The maximum absolute atomic E-state index is 11.8. The second-order valence-electron chi connectivity index (χ2n) is 3.32. The Balaban J connectivity index is 3.10. The van der Waals surface area contributed by atoms with Crippen molar-refractivity contribution >= 4 is 21.7 Å². The van der Waals surface area contributed by atoms with E-state index in [2.05, 4.69) is 22.9 Å². The first-order valence-electron chi connectivity index (χ1n) is 4.88. The zero-order chi connectivity index (χ0) is 10.6. The molecule has 1 nitrogen and oxygen atoms in total. The zero-order valence-electron chi connectivity index (χ0n) is 8.64. The van der Waals surface area contributed by atoms with E-state index in [0.717, 1.165) is 28.4 Å². The van der Waals surface area contributed by atoms with Crippen molar-refractivity contribution in [3.05, 3.63) is 34.9 Å². The Morgan fingerprint density at radius 3 is 2.71 bits per heavy atom. The van der Waals surface area contributed by atoms with Gasteiger partial charge in [0.05, 0.1) is 0 Å². The second-order valence-corrected chi connectivity index (χ2v) is 4.12. The Morgan fingerprint density at radius 1 is 1.43 bits per heavy atom. The van der Waals surface area contributed by atoms with Gasteiger partial charge in [0, 0.05) is 17.3 Å². The SMILES string of the molecule is CCc1cccc(C)c1C(=O)CCBr. The molecule has 0 saturated carbocycles. The summed E-state index contributed by atoms with van der Waals surface area (Å²) in [4.78, 5) is 11.8. The van der Waals surface area contributed by atoms with Crippen LogP contribution in [0.2, 0.25) is 0 Å². The number of benzene rings is 1. The lowest BCUT2D eigenvalue weighted by atomic mass is 9.95. The molecule has 0 heterocycles. The van der Waals surface area contributed by atoms with Crippen LogP contribution in [0.25, 0.3) is 0 Å². The number of rotatable bonds is 4. The molecule has 0 aliphatic carbocycles. The summed E-state index contributed by atoms with van der Waals surface area (Å²) in [7, 11) is 0. The number of Topliss-reactive ketones (excluding diaryl/α,β-unsaturated/α-hetero) is 1. The lowest BCUT2D eigenvalue weighted by Crippen LogP contribution is -2.06. The van der Waals surface area contributed by atoms with Crippen LogP contribution in [0.4, 0.5) is 0 Å². The molecule has 1 aromatic carbocycles. The first-order chi connectivity index (χ1) is 6.70. The molecule has 0 spiro atoms. The largest absolute Gasteiger partial charge is 0.294 e. The first kappa shape index (κ1) is 11.4. The third kappa shape index (κ3) is 2.44. The summed E-state index contributed by atoms with van der Waals surface area (Å²) in [6.07, 6.45) is 1.50. The average Bonchev–Trinajstić information content (AvgIpc) is 2.17. The number of aryl methyl sites for hydroxylation is 2. The molecule has 1 rings (SSSR count). The smallest absolute Gasteiger partial charge is 0.164 e. The van der Waals surface area contributed by atoms with Gasteiger partial charge in [0.15, 0.2) is 5.78 Å². The predicted molar refractivity (Wildman–Crippen MR) is 63.3 cm³/mol. The van der Waals surface area contributed by atoms with Crippen LogP contribution in [0, 0.1) is 6.92 Å². The van der Waals surface area contributed by atoms with Crippen LogP contribution in [0.3, 0.4) is 0 Å². The molecule has 0 radical (unpaired) electrons. The van der Waals surface area contributed by atoms with Crippen molar-refractivity contribution in [1.29, 1.82) is 0 Å². The van der Waals surface area contributed by atoms with Crippen LogP contribution < -0.4 is 0 Å². The number of hydrogen-bond donors (Lipinski definition) is 0. The molecule has 0 fully saturated rings. The Hall–Kier alpha value is -0.630. The second kappa shape index (κ2) is 5.30. The monoisotopic (exact) mass is 254 g/mol. The zero-order valence-corrected chi connectivity index (χ0v) is 10.2. The van der Waals surface area contributed by atoms with E-state index in [4.69, 9.17) is 0 Å². The lowest BCUT2D eigenvalue weighted by molar-refractivity contribution is 0.0988. The van der Waals surface area contributed by atoms with Crippen molar-refractivity contribution in [2.75, 3.05) is 5.33 Å². The minimum Gasteiger partial charge on any atom is -0.294 e. The molecule has 0 saturated heterocycles. The summed E-state index contributed by atoms with van der Waals surface area (Å²) in [5, 5.41) is 0.739. The molecule has 0 aliphatic rings. The molecule has 0 bridgehead atoms. The normalized spacial score (nSPS) is 10.2. The van der Waals surface area contributed by atoms with Gasteiger partial charge in [-0.25, -0.2) is 0 Å². The fraction of sp³-hybridized carbons (Fsp3) is 0.417. The van der Waals surface area contributed by atoms with E-state index in [1.54, 1.807) is 0 Å². The highest BCUT2D eigenvalue weighted by molar-refractivity contribution is 9.09. The highest BCUT2D eigenvalue weighted by Crippen LogP contribution is 2.17. The van der Waals surface area contributed by atoms with Crippen molar-refractivity contribution in [3.8, 4) is 0 Å². The molecule has 76 valence electrons. The molecule has 0 N–H and O–H groups in total. The van der Waals surface area contributed by atoms with E-state index < -0.39 is 0 Å². The van der Waals surface area contributed by atoms with Crippen LogP contribution in [0.15, 0.2) is 18.2 Å². The number of alkyl halides is 1. The van der Waals surface area contributed by atoms with Gasteiger partial charge in [-0.15, -0.1) is 0 Å². The van der Waals surface area contributed by atoms with Gasteiger partial charge in [0.25, 0.3) is 0 Å². The van der Waals surface area contributed by atoms with E-state index in [9.17, 15) is 4.79 Å². The standard InChI is InChI=1S/C12H15BrO/c1-3-10-6-4-5-9(2)12(10)11(14)7-8-13/h4-6H,3,7-8H2,1-2H3. The van der Waals surface area contributed by atoms with Crippen molar-refractivity contribution in [3.63, 3.8) is 0 Å². The van der Waals surface area contributed by atoms with Gasteiger partial charge in [0.1, 0.15) is 0 Å². The minimum atomic E-state index is 0.247. The highest BCUT2D eigenvalue weighted by Gasteiger charge is 2.11. The molecule has 0 amide bonds. The van der Waals surface area contributed by atoms with Gasteiger partial charge >= 0.3 is 0 Å². The molecular formula is C12H15BrO. The van der Waals surface area contributed by atoms with Crippen LogP contribution in [-0.2, 0) is 6.42 Å². The van der Waals surface area contributed by atoms with E-state index in [0.29, 0.717) is 6.42 Å². The summed E-state index contributed by atoms with van der Waals surface area (Å²) in [6, 6.07) is 6.05. The van der Waals surface area contributed by atoms with Crippen LogP contribution in [0.1, 0.15) is 34.8 Å². The summed E-state index contributed by atoms with van der Waals surface area (Å²) in [5.74, 6) is 0.247. The molecule has 1 aromatic rings. The van der Waals surface area contributed by atoms with Crippen molar-refractivity contribution in [2.24, 2.45) is 0 Å². The lowest BCUT2D eigenvalue weighted by Gasteiger charge is -2.09. The maximum Gasteiger partial charge on any atom is 0.164 e. The van der Waals surface area contributed by atoms with Crippen LogP contribution in [0.5, 0.6) is 0 Å². The van der Waals surface area contributed by atoms with Gasteiger partial charge in [-0.2, -0.15) is 0 Å². The average molecular weight is 255 g/mol. The number of carbonyl (C=O) groups is 1. The molecule has 0 aliphatic heterocycles. The third-order valence-electron chi connectivity index (χ3n) is 2.34. The van der Waals surface area contributed by atoms with Crippen LogP contribution >= 0.6 is 15.9 Å². The van der Waals surface area contributed by atoms with E-state index >= 15 is 0 Å². The van der Waals surface area contributed by atoms with Gasteiger partial charge < -0.3 is 0 Å². The number of halogens is 1. The summed E-state index contributed by atoms with van der Waals surface area (Å²) >= 11 is 3.30. The minimum absolute atomic E-state index is 0.247. The summed E-state index contributed by atoms with van der Waals surface area (Å²) in [5.41, 5.74) is 3.18. The molecule has 0 atom stereocenters. The molecular weight excluding hydrogens is 240 g/mol. The Bertz CT molecular complexity index is 331. The van der Waals surface area contributed by atoms with E-state index in [1.165, 1.54) is 0 Å². The first-order valence-corrected chi connectivity index (χ1v) is 6.00. The fourth-order valence-electron chi connectivity index (χ4n) is 1.63. The Kier molecular flexibility index (Phi) is 4.33. The van der Waals surface area contributed by atoms with Crippen molar-refractivity contribution in [2.45, 2.75) is 26.7 Å². The van der Waals surface area contributed by atoms with Crippen molar-refractivity contribution < 1.29 is 4.79 Å². The van der Waals surface area contributed by atoms with Gasteiger partial charge in [0.2, 0.25) is 0 Å². The van der Waals surface area contributed by atoms with Gasteiger partial charge in [-0.3, -0.25) is 4.79 Å². The van der Waals surface area contributed by atoms with Gasteiger partial charge in [-0.05, 0) is 24.5 Å². The topological polar surface area (TPSA) is 17.1 Å². The molecule has 14 heavy (non-hydrogen) atoms. The third-order valence-corrected chi connectivity index (χ3v) is 2.74. The predicted octanol–water partition coefficient (Wildman–Crippen LogP) is 3.53. The highest BCUT2D eigenvalue weighted by atomic mass is 79.9. The van der Waals surface area contributed by atoms with Gasteiger partial charge in [-0.1, -0.05) is 41.1 Å². The fourth-order valence-corrected chi connectivity index (χ4v) is 1.99. The number of hydrogen-bond acceptors (Lipinski definition) is 1. The molecule has 0 unspecified atom stereocenters. The van der Waals surface area contributed by atoms with E-state index in [-0.39, 0.29) is 5.78 Å². The number of ketones is 1. The molecule has 2 heteroatoms. The van der Waals surface area contributed by atoms with E-state index in [1.807, 2.05) is 25.1 Å². The van der Waals surface area contributed by atoms with Crippen LogP contribution in [-0.4, -0.2) is 11.1 Å². The maximum atomic E-state index is 11.8. The quantitative estimate of drug-likeness (QED) is 0.594. The summed E-state index contributed by atoms with van der Waals surface area (Å²) < 4.78 is 0. The Labute approximate surface area is 93.7 Å². The Morgan fingerprint density at radius 2 is 2.14 bits per heavy atom. The number of carbonyl (C=O) groups excluding carboxylic acids is 1.